The van der Waals surface area contributed by atoms with Crippen LogP contribution in [-0.2, 0) is 9.53 Å². The SMILES string of the molecule is CCCCCCCCCCC(=O)OCC(CC)CCCC. The van der Waals surface area contributed by atoms with E-state index in [1.165, 1.54) is 64.2 Å². The molecule has 0 N–H and O–H groups in total. The largest absolute Gasteiger partial charge is 0.465 e. The highest BCUT2D eigenvalue weighted by Crippen LogP contribution is 2.14. The first-order valence-corrected chi connectivity index (χ1v) is 9.40. The average Bonchev–Trinajstić information content (AvgIpc) is 2.50. The van der Waals surface area contributed by atoms with Crippen LogP contribution in [-0.4, -0.2) is 12.6 Å². The number of esters is 1. The lowest BCUT2D eigenvalue weighted by Crippen LogP contribution is -2.13. The van der Waals surface area contributed by atoms with Gasteiger partial charge in [-0.2, -0.15) is 0 Å². The van der Waals surface area contributed by atoms with E-state index in [4.69, 9.17) is 4.74 Å². The van der Waals surface area contributed by atoms with E-state index in [0.29, 0.717) is 18.9 Å². The van der Waals surface area contributed by atoms with Crippen LogP contribution in [0.3, 0.4) is 0 Å². The van der Waals surface area contributed by atoms with Crippen LogP contribution in [0.25, 0.3) is 0 Å². The van der Waals surface area contributed by atoms with Gasteiger partial charge in [0.05, 0.1) is 6.61 Å². The van der Waals surface area contributed by atoms with Gasteiger partial charge in [0.15, 0.2) is 0 Å². The molecule has 0 aromatic heterocycles. The fourth-order valence-electron chi connectivity index (χ4n) is 2.58. The Morgan fingerprint density at radius 1 is 0.810 bits per heavy atom. The standard InChI is InChI=1S/C19H38O2/c1-4-7-9-10-11-12-13-14-16-19(20)21-17-18(6-3)15-8-5-2/h18H,4-17H2,1-3H3. The molecule has 21 heavy (non-hydrogen) atoms. The van der Waals surface area contributed by atoms with E-state index in [-0.39, 0.29) is 5.97 Å². The lowest BCUT2D eigenvalue weighted by molar-refractivity contribution is -0.145. The van der Waals surface area contributed by atoms with Crippen molar-refractivity contribution in [2.24, 2.45) is 5.92 Å². The van der Waals surface area contributed by atoms with Crippen molar-refractivity contribution in [2.45, 2.75) is 104 Å². The van der Waals surface area contributed by atoms with Gasteiger partial charge in [0.25, 0.3) is 0 Å². The Morgan fingerprint density at radius 2 is 1.38 bits per heavy atom. The fraction of sp³-hybridized carbons (Fsp3) is 0.947. The summed E-state index contributed by atoms with van der Waals surface area (Å²) in [7, 11) is 0. The van der Waals surface area contributed by atoms with Gasteiger partial charge in [0, 0.05) is 6.42 Å². The van der Waals surface area contributed by atoms with Gasteiger partial charge in [0.2, 0.25) is 0 Å². The van der Waals surface area contributed by atoms with E-state index < -0.39 is 0 Å². The maximum atomic E-state index is 11.7. The minimum absolute atomic E-state index is 0.0101. The molecule has 0 aliphatic heterocycles. The van der Waals surface area contributed by atoms with Crippen molar-refractivity contribution in [3.05, 3.63) is 0 Å². The molecule has 1 unspecified atom stereocenters. The summed E-state index contributed by atoms with van der Waals surface area (Å²) in [5.74, 6) is 0.573. The second kappa shape index (κ2) is 15.9. The first-order chi connectivity index (χ1) is 10.2. The summed E-state index contributed by atoms with van der Waals surface area (Å²) in [6, 6.07) is 0. The van der Waals surface area contributed by atoms with E-state index >= 15 is 0 Å². The molecule has 0 saturated heterocycles. The molecule has 0 bridgehead atoms. The molecule has 2 heteroatoms. The number of rotatable bonds is 15. The van der Waals surface area contributed by atoms with E-state index in [2.05, 4.69) is 20.8 Å². The summed E-state index contributed by atoms with van der Waals surface area (Å²) in [5.41, 5.74) is 0. The molecule has 0 aliphatic carbocycles. The summed E-state index contributed by atoms with van der Waals surface area (Å²) in [6.45, 7) is 7.27. The molecule has 0 aromatic rings. The maximum Gasteiger partial charge on any atom is 0.305 e. The third-order valence-electron chi connectivity index (χ3n) is 4.26. The monoisotopic (exact) mass is 298 g/mol. The van der Waals surface area contributed by atoms with Crippen LogP contribution in [0.4, 0.5) is 0 Å². The Balaban J connectivity index is 3.40. The normalized spacial score (nSPS) is 12.3. The molecule has 0 heterocycles. The van der Waals surface area contributed by atoms with Crippen molar-refractivity contribution in [2.75, 3.05) is 6.61 Å². The number of unbranched alkanes of at least 4 members (excludes halogenated alkanes) is 8. The summed E-state index contributed by atoms with van der Waals surface area (Å²) in [6.07, 6.45) is 15.6. The lowest BCUT2D eigenvalue weighted by Gasteiger charge is -2.14. The summed E-state index contributed by atoms with van der Waals surface area (Å²) in [5, 5.41) is 0. The van der Waals surface area contributed by atoms with Gasteiger partial charge >= 0.3 is 5.97 Å². The van der Waals surface area contributed by atoms with Gasteiger partial charge in [-0.1, -0.05) is 85.0 Å². The van der Waals surface area contributed by atoms with Crippen molar-refractivity contribution in [1.82, 2.24) is 0 Å². The molecule has 0 fully saturated rings. The van der Waals surface area contributed by atoms with Gasteiger partial charge in [-0.25, -0.2) is 0 Å². The number of hydrogen-bond donors (Lipinski definition) is 0. The second-order valence-electron chi connectivity index (χ2n) is 6.32. The van der Waals surface area contributed by atoms with Crippen LogP contribution >= 0.6 is 0 Å². The highest BCUT2D eigenvalue weighted by atomic mass is 16.5. The van der Waals surface area contributed by atoms with Crippen LogP contribution in [0.1, 0.15) is 104 Å². The van der Waals surface area contributed by atoms with Crippen molar-refractivity contribution in [3.8, 4) is 0 Å². The van der Waals surface area contributed by atoms with Crippen LogP contribution in [0.15, 0.2) is 0 Å². The molecule has 0 amide bonds. The van der Waals surface area contributed by atoms with Crippen molar-refractivity contribution in [3.63, 3.8) is 0 Å². The van der Waals surface area contributed by atoms with E-state index in [9.17, 15) is 4.79 Å². The summed E-state index contributed by atoms with van der Waals surface area (Å²) < 4.78 is 5.41. The van der Waals surface area contributed by atoms with E-state index in [1.807, 2.05) is 0 Å². The zero-order chi connectivity index (χ0) is 15.8. The van der Waals surface area contributed by atoms with Crippen LogP contribution in [0, 0.1) is 5.92 Å². The molecule has 0 saturated carbocycles. The first kappa shape index (κ1) is 20.5. The van der Waals surface area contributed by atoms with Gasteiger partial charge in [0.1, 0.15) is 0 Å². The Labute approximate surface area is 133 Å². The smallest absolute Gasteiger partial charge is 0.305 e. The van der Waals surface area contributed by atoms with Crippen molar-refractivity contribution in [1.29, 1.82) is 0 Å². The predicted molar refractivity (Wildman–Crippen MR) is 91.5 cm³/mol. The predicted octanol–water partition coefficient (Wildman–Crippen LogP) is 6.28. The van der Waals surface area contributed by atoms with Crippen LogP contribution < -0.4 is 0 Å². The highest BCUT2D eigenvalue weighted by Gasteiger charge is 2.09. The third-order valence-corrected chi connectivity index (χ3v) is 4.26. The molecule has 0 aliphatic rings. The lowest BCUT2D eigenvalue weighted by atomic mass is 10.0. The minimum Gasteiger partial charge on any atom is -0.465 e. The zero-order valence-corrected chi connectivity index (χ0v) is 14.8. The molecule has 126 valence electrons. The van der Waals surface area contributed by atoms with Gasteiger partial charge in [-0.3, -0.25) is 4.79 Å². The number of carbonyl (C=O) groups is 1. The first-order valence-electron chi connectivity index (χ1n) is 9.40. The third kappa shape index (κ3) is 14.2. The number of hydrogen-bond acceptors (Lipinski definition) is 2. The van der Waals surface area contributed by atoms with E-state index in [1.54, 1.807) is 0 Å². The van der Waals surface area contributed by atoms with Gasteiger partial charge in [-0.15, -0.1) is 0 Å². The Kier molecular flexibility index (Phi) is 15.5. The summed E-state index contributed by atoms with van der Waals surface area (Å²) in [4.78, 5) is 11.7. The topological polar surface area (TPSA) is 26.3 Å². The quantitative estimate of drug-likeness (QED) is 0.263. The average molecular weight is 299 g/mol. The van der Waals surface area contributed by atoms with Crippen LogP contribution in [0.5, 0.6) is 0 Å². The van der Waals surface area contributed by atoms with Crippen LogP contribution in [0.2, 0.25) is 0 Å². The van der Waals surface area contributed by atoms with Crippen molar-refractivity contribution < 1.29 is 9.53 Å². The number of carbonyl (C=O) groups excluding carboxylic acids is 1. The molecule has 0 radical (unpaired) electrons. The molecule has 0 aromatic carbocycles. The molecule has 1 atom stereocenters. The van der Waals surface area contributed by atoms with Gasteiger partial charge in [-0.05, 0) is 18.8 Å². The van der Waals surface area contributed by atoms with E-state index in [0.717, 1.165) is 12.8 Å². The van der Waals surface area contributed by atoms with Crippen molar-refractivity contribution >= 4 is 5.97 Å². The van der Waals surface area contributed by atoms with Gasteiger partial charge < -0.3 is 4.74 Å². The zero-order valence-electron chi connectivity index (χ0n) is 14.8. The fourth-order valence-corrected chi connectivity index (χ4v) is 2.58. The second-order valence-corrected chi connectivity index (χ2v) is 6.32. The molecule has 2 nitrogen and oxygen atoms in total. The highest BCUT2D eigenvalue weighted by molar-refractivity contribution is 5.69. The summed E-state index contributed by atoms with van der Waals surface area (Å²) >= 11 is 0. The maximum absolute atomic E-state index is 11.7. The molecular formula is C19H38O2. The number of ether oxygens (including phenoxy) is 1. The Bertz CT molecular complexity index is 226. The minimum atomic E-state index is 0.0101. The Hall–Kier alpha value is -0.530. The molecular weight excluding hydrogens is 260 g/mol. The molecule has 0 rings (SSSR count). The Morgan fingerprint density at radius 3 is 1.95 bits per heavy atom. The molecule has 0 spiro atoms.